The van der Waals surface area contributed by atoms with Crippen LogP contribution in [0.5, 0.6) is 0 Å². The average molecular weight is 309 g/mol. The van der Waals surface area contributed by atoms with Crippen LogP contribution in [0.4, 0.5) is 0 Å². The van der Waals surface area contributed by atoms with Crippen LogP contribution in [-0.4, -0.2) is 5.78 Å². The predicted octanol–water partition coefficient (Wildman–Crippen LogP) is 6.67. The zero-order valence-corrected chi connectivity index (χ0v) is 16.0. The molecule has 5 atom stereocenters. The van der Waals surface area contributed by atoms with Gasteiger partial charge in [-0.15, -0.1) is 6.58 Å². The molecule has 0 radical (unpaired) electrons. The Hall–Kier alpha value is -0.590. The van der Waals surface area contributed by atoms with Gasteiger partial charge in [0, 0.05) is 12.3 Å². The number of carbonyl (C=O) groups is 1. The molecule has 0 saturated carbocycles. The lowest BCUT2D eigenvalue weighted by Gasteiger charge is -2.22. The minimum Gasteiger partial charge on any atom is -0.299 e. The summed E-state index contributed by atoms with van der Waals surface area (Å²) in [5.74, 6) is 3.24. The van der Waals surface area contributed by atoms with Crippen molar-refractivity contribution in [3.8, 4) is 0 Å². The Morgan fingerprint density at radius 3 is 2.18 bits per heavy atom. The van der Waals surface area contributed by atoms with Gasteiger partial charge >= 0.3 is 0 Å². The van der Waals surface area contributed by atoms with Gasteiger partial charge in [-0.1, -0.05) is 66.9 Å². The Bertz CT molecular complexity index is 307. The van der Waals surface area contributed by atoms with E-state index in [0.717, 1.165) is 18.8 Å². The van der Waals surface area contributed by atoms with Crippen molar-refractivity contribution in [2.45, 2.75) is 86.5 Å². The summed E-state index contributed by atoms with van der Waals surface area (Å²) in [6, 6.07) is 0. The third-order valence-corrected chi connectivity index (χ3v) is 5.47. The molecule has 0 bridgehead atoms. The highest BCUT2D eigenvalue weighted by molar-refractivity contribution is 5.80. The van der Waals surface area contributed by atoms with Crippen molar-refractivity contribution in [2.75, 3.05) is 0 Å². The molecule has 0 aromatic rings. The van der Waals surface area contributed by atoms with Crippen molar-refractivity contribution in [3.63, 3.8) is 0 Å². The molecule has 22 heavy (non-hydrogen) atoms. The smallest absolute Gasteiger partial charge is 0.135 e. The van der Waals surface area contributed by atoms with E-state index in [9.17, 15) is 4.79 Å². The molecule has 0 fully saturated rings. The third-order valence-electron chi connectivity index (χ3n) is 5.47. The fourth-order valence-electron chi connectivity index (χ4n) is 2.99. The maximum absolute atomic E-state index is 12.4. The first kappa shape index (κ1) is 21.4. The molecule has 0 aliphatic rings. The average Bonchev–Trinajstić information content (AvgIpc) is 2.51. The monoisotopic (exact) mass is 308 g/mol. The second-order valence-corrected chi connectivity index (χ2v) is 7.77. The number of hydrogen-bond donors (Lipinski definition) is 0. The molecule has 0 spiro atoms. The number of hydrogen-bond acceptors (Lipinski definition) is 1. The molecular formula is C21H40O. The molecule has 0 saturated heterocycles. The maximum atomic E-state index is 12.4. The van der Waals surface area contributed by atoms with Crippen molar-refractivity contribution in [2.24, 2.45) is 29.6 Å². The highest BCUT2D eigenvalue weighted by Gasteiger charge is 2.21. The summed E-state index contributed by atoms with van der Waals surface area (Å²) in [4.78, 5) is 12.4. The summed E-state index contributed by atoms with van der Waals surface area (Å²) in [5.41, 5.74) is 0. The summed E-state index contributed by atoms with van der Waals surface area (Å²) < 4.78 is 0. The molecule has 0 aromatic heterocycles. The van der Waals surface area contributed by atoms with Crippen molar-refractivity contribution < 1.29 is 4.79 Å². The van der Waals surface area contributed by atoms with E-state index < -0.39 is 0 Å². The van der Waals surface area contributed by atoms with Gasteiger partial charge in [-0.3, -0.25) is 4.79 Å². The number of Topliss-reactive ketones (excluding diaryl/α,β-unsaturated/α-hetero) is 1. The van der Waals surface area contributed by atoms with Crippen molar-refractivity contribution in [1.29, 1.82) is 0 Å². The quantitative estimate of drug-likeness (QED) is 0.347. The normalized spacial score (nSPS) is 18.3. The van der Waals surface area contributed by atoms with Gasteiger partial charge in [-0.05, 0) is 42.9 Å². The van der Waals surface area contributed by atoms with Gasteiger partial charge < -0.3 is 0 Å². The molecular weight excluding hydrogens is 268 g/mol. The predicted molar refractivity (Wildman–Crippen MR) is 99.0 cm³/mol. The van der Waals surface area contributed by atoms with Crippen LogP contribution in [0.2, 0.25) is 0 Å². The minimum absolute atomic E-state index is 0.224. The summed E-state index contributed by atoms with van der Waals surface area (Å²) in [5, 5.41) is 0. The van der Waals surface area contributed by atoms with Crippen LogP contribution in [-0.2, 0) is 4.79 Å². The Balaban J connectivity index is 3.97. The topological polar surface area (TPSA) is 17.1 Å². The Kier molecular flexibility index (Phi) is 11.6. The highest BCUT2D eigenvalue weighted by atomic mass is 16.1. The summed E-state index contributed by atoms with van der Waals surface area (Å²) in [6.07, 6.45) is 9.97. The van der Waals surface area contributed by atoms with Crippen LogP contribution in [0.15, 0.2) is 12.7 Å². The first-order chi connectivity index (χ1) is 10.3. The number of carbonyl (C=O) groups excluding carboxylic acids is 1. The molecule has 0 N–H and O–H groups in total. The Morgan fingerprint density at radius 2 is 1.64 bits per heavy atom. The van der Waals surface area contributed by atoms with Gasteiger partial charge in [-0.25, -0.2) is 0 Å². The fourth-order valence-corrected chi connectivity index (χ4v) is 2.99. The first-order valence-corrected chi connectivity index (χ1v) is 9.46. The van der Waals surface area contributed by atoms with E-state index in [2.05, 4.69) is 48.1 Å². The van der Waals surface area contributed by atoms with Crippen LogP contribution in [0.1, 0.15) is 86.5 Å². The minimum atomic E-state index is 0.224. The van der Waals surface area contributed by atoms with Gasteiger partial charge in [0.15, 0.2) is 0 Å². The second kappa shape index (κ2) is 11.9. The van der Waals surface area contributed by atoms with Gasteiger partial charge in [0.2, 0.25) is 0 Å². The molecule has 0 amide bonds. The van der Waals surface area contributed by atoms with E-state index in [0.29, 0.717) is 23.5 Å². The van der Waals surface area contributed by atoms with Crippen molar-refractivity contribution in [1.82, 2.24) is 0 Å². The molecule has 0 rings (SSSR count). The fraction of sp³-hybridized carbons (Fsp3) is 0.857. The first-order valence-electron chi connectivity index (χ1n) is 9.46. The lowest BCUT2D eigenvalue weighted by Crippen LogP contribution is -2.21. The number of rotatable bonds is 13. The van der Waals surface area contributed by atoms with Crippen molar-refractivity contribution >= 4 is 5.78 Å². The molecule has 0 heterocycles. The lowest BCUT2D eigenvalue weighted by molar-refractivity contribution is -0.124. The molecule has 0 aromatic carbocycles. The van der Waals surface area contributed by atoms with E-state index in [1.165, 1.54) is 32.1 Å². The Morgan fingerprint density at radius 1 is 1.00 bits per heavy atom. The van der Waals surface area contributed by atoms with E-state index in [1.807, 2.05) is 6.08 Å². The zero-order chi connectivity index (χ0) is 17.1. The van der Waals surface area contributed by atoms with Gasteiger partial charge in [0.1, 0.15) is 5.78 Å². The van der Waals surface area contributed by atoms with Gasteiger partial charge in [0.25, 0.3) is 0 Å². The number of allylic oxidation sites excluding steroid dienone is 1. The standard InChI is InChI=1S/C21H40O/c1-8-16(3)11-10-12-18(5)13-14-21(22)20(7)19(6)15-17(4)9-2/h8,16-20H,1,9-15H2,2-7H3. The maximum Gasteiger partial charge on any atom is 0.135 e. The molecule has 0 aliphatic heterocycles. The van der Waals surface area contributed by atoms with E-state index in [4.69, 9.17) is 0 Å². The van der Waals surface area contributed by atoms with E-state index in [-0.39, 0.29) is 5.92 Å². The van der Waals surface area contributed by atoms with Crippen LogP contribution in [0.3, 0.4) is 0 Å². The van der Waals surface area contributed by atoms with Crippen molar-refractivity contribution in [3.05, 3.63) is 12.7 Å². The summed E-state index contributed by atoms with van der Waals surface area (Å²) in [6.45, 7) is 17.3. The largest absolute Gasteiger partial charge is 0.299 e. The van der Waals surface area contributed by atoms with E-state index >= 15 is 0 Å². The summed E-state index contributed by atoms with van der Waals surface area (Å²) in [7, 11) is 0. The van der Waals surface area contributed by atoms with Gasteiger partial charge in [0.05, 0.1) is 0 Å². The third kappa shape index (κ3) is 9.43. The lowest BCUT2D eigenvalue weighted by atomic mass is 9.82. The van der Waals surface area contributed by atoms with Crippen LogP contribution in [0, 0.1) is 29.6 Å². The zero-order valence-electron chi connectivity index (χ0n) is 16.0. The SMILES string of the molecule is C=CC(C)CCCC(C)CCC(=O)C(C)C(C)CC(C)CC. The molecule has 0 aliphatic carbocycles. The van der Waals surface area contributed by atoms with Crippen LogP contribution in [0.25, 0.3) is 0 Å². The molecule has 1 heteroatoms. The van der Waals surface area contributed by atoms with Gasteiger partial charge in [-0.2, -0.15) is 0 Å². The van der Waals surface area contributed by atoms with E-state index in [1.54, 1.807) is 0 Å². The molecule has 5 unspecified atom stereocenters. The second-order valence-electron chi connectivity index (χ2n) is 7.77. The summed E-state index contributed by atoms with van der Waals surface area (Å²) >= 11 is 0. The number of ketones is 1. The van der Waals surface area contributed by atoms with Crippen LogP contribution >= 0.6 is 0 Å². The molecule has 130 valence electrons. The van der Waals surface area contributed by atoms with Crippen LogP contribution < -0.4 is 0 Å². The highest BCUT2D eigenvalue weighted by Crippen LogP contribution is 2.25. The Labute approximate surface area is 140 Å². The molecule has 1 nitrogen and oxygen atoms in total.